The van der Waals surface area contributed by atoms with E-state index in [1.807, 2.05) is 13.8 Å². The Morgan fingerprint density at radius 3 is 2.88 bits per heavy atom. The SMILES string of the molecule is CCCCn1cnc2sc(C(=O)NCCCOCC)c(C)c2c1=O. The average Bonchev–Trinajstić information content (AvgIpc) is 2.91. The van der Waals surface area contributed by atoms with Gasteiger partial charge in [0.2, 0.25) is 0 Å². The van der Waals surface area contributed by atoms with Crippen molar-refractivity contribution in [1.82, 2.24) is 14.9 Å². The lowest BCUT2D eigenvalue weighted by Crippen LogP contribution is -2.25. The molecule has 0 saturated heterocycles. The average molecular weight is 351 g/mol. The Morgan fingerprint density at radius 1 is 1.38 bits per heavy atom. The van der Waals surface area contributed by atoms with E-state index in [-0.39, 0.29) is 11.5 Å². The van der Waals surface area contributed by atoms with Gasteiger partial charge in [0.25, 0.3) is 11.5 Å². The van der Waals surface area contributed by atoms with Gasteiger partial charge in [0.15, 0.2) is 0 Å². The van der Waals surface area contributed by atoms with Crippen LogP contribution in [-0.4, -0.2) is 35.2 Å². The summed E-state index contributed by atoms with van der Waals surface area (Å²) in [6.07, 6.45) is 4.30. The number of hydrogen-bond donors (Lipinski definition) is 1. The number of thiophene rings is 1. The van der Waals surface area contributed by atoms with E-state index in [2.05, 4.69) is 17.2 Å². The molecule has 0 saturated carbocycles. The van der Waals surface area contributed by atoms with Gasteiger partial charge in [-0.05, 0) is 32.3 Å². The van der Waals surface area contributed by atoms with Crippen LogP contribution in [0, 0.1) is 6.92 Å². The maximum Gasteiger partial charge on any atom is 0.262 e. The number of aryl methyl sites for hydroxylation is 2. The second-order valence-electron chi connectivity index (χ2n) is 5.64. The van der Waals surface area contributed by atoms with Crippen molar-refractivity contribution < 1.29 is 9.53 Å². The Kier molecular flexibility index (Phi) is 6.93. The molecule has 0 radical (unpaired) electrons. The molecule has 0 aliphatic rings. The molecule has 24 heavy (non-hydrogen) atoms. The van der Waals surface area contributed by atoms with Crippen molar-refractivity contribution in [3.8, 4) is 0 Å². The zero-order valence-electron chi connectivity index (χ0n) is 14.6. The van der Waals surface area contributed by atoms with Gasteiger partial charge in [0.1, 0.15) is 4.83 Å². The number of rotatable bonds is 9. The minimum Gasteiger partial charge on any atom is -0.382 e. The first-order valence-electron chi connectivity index (χ1n) is 8.44. The minimum atomic E-state index is -0.147. The van der Waals surface area contributed by atoms with Crippen molar-refractivity contribution in [2.24, 2.45) is 0 Å². The third kappa shape index (κ3) is 4.21. The first kappa shape index (κ1) is 18.6. The summed E-state index contributed by atoms with van der Waals surface area (Å²) in [5.74, 6) is -0.147. The molecule has 6 nitrogen and oxygen atoms in total. The zero-order valence-corrected chi connectivity index (χ0v) is 15.4. The van der Waals surface area contributed by atoms with Crippen LogP contribution in [0.2, 0.25) is 0 Å². The van der Waals surface area contributed by atoms with Crippen LogP contribution in [-0.2, 0) is 11.3 Å². The van der Waals surface area contributed by atoms with E-state index in [0.717, 1.165) is 24.8 Å². The fourth-order valence-electron chi connectivity index (χ4n) is 2.46. The molecular formula is C17H25N3O3S. The summed E-state index contributed by atoms with van der Waals surface area (Å²) < 4.78 is 6.89. The molecule has 0 spiro atoms. The number of amides is 1. The minimum absolute atomic E-state index is 0.0578. The predicted molar refractivity (Wildman–Crippen MR) is 97.0 cm³/mol. The van der Waals surface area contributed by atoms with Crippen LogP contribution in [0.1, 0.15) is 48.3 Å². The normalized spacial score (nSPS) is 11.1. The molecule has 0 aliphatic carbocycles. The molecule has 0 aliphatic heterocycles. The molecule has 0 atom stereocenters. The van der Waals surface area contributed by atoms with Crippen LogP contribution in [0.3, 0.4) is 0 Å². The number of ether oxygens (including phenoxy) is 1. The third-order valence-corrected chi connectivity index (χ3v) is 5.03. The first-order valence-corrected chi connectivity index (χ1v) is 9.26. The Labute approximate surface area is 145 Å². The number of aromatic nitrogens is 2. The largest absolute Gasteiger partial charge is 0.382 e. The van der Waals surface area contributed by atoms with Gasteiger partial charge in [-0.1, -0.05) is 13.3 Å². The van der Waals surface area contributed by atoms with E-state index in [1.165, 1.54) is 11.3 Å². The van der Waals surface area contributed by atoms with Crippen molar-refractivity contribution in [3.05, 3.63) is 27.1 Å². The summed E-state index contributed by atoms with van der Waals surface area (Å²) in [4.78, 5) is 30.5. The van der Waals surface area contributed by atoms with Gasteiger partial charge in [0.05, 0.1) is 16.6 Å². The molecule has 0 fully saturated rings. The van der Waals surface area contributed by atoms with Crippen molar-refractivity contribution in [2.45, 2.75) is 46.6 Å². The highest BCUT2D eigenvalue weighted by atomic mass is 32.1. The molecule has 2 rings (SSSR count). The molecule has 0 aromatic carbocycles. The Hall–Kier alpha value is -1.73. The van der Waals surface area contributed by atoms with Crippen LogP contribution in [0.25, 0.3) is 10.2 Å². The van der Waals surface area contributed by atoms with Crippen LogP contribution >= 0.6 is 11.3 Å². The van der Waals surface area contributed by atoms with Crippen molar-refractivity contribution in [1.29, 1.82) is 0 Å². The fraction of sp³-hybridized carbons (Fsp3) is 0.588. The molecule has 132 valence electrons. The maximum atomic E-state index is 12.6. The summed E-state index contributed by atoms with van der Waals surface area (Å²) in [5, 5.41) is 3.45. The highest BCUT2D eigenvalue weighted by molar-refractivity contribution is 7.20. The number of fused-ring (bicyclic) bond motifs is 1. The van der Waals surface area contributed by atoms with Gasteiger partial charge in [-0.25, -0.2) is 4.98 Å². The predicted octanol–water partition coefficient (Wildman–Crippen LogP) is 2.72. The molecule has 7 heteroatoms. The smallest absolute Gasteiger partial charge is 0.262 e. The summed E-state index contributed by atoms with van der Waals surface area (Å²) in [7, 11) is 0. The fourth-order valence-corrected chi connectivity index (χ4v) is 3.52. The summed E-state index contributed by atoms with van der Waals surface area (Å²) in [5.41, 5.74) is 0.665. The van der Waals surface area contributed by atoms with Gasteiger partial charge in [-0.2, -0.15) is 0 Å². The molecular weight excluding hydrogens is 326 g/mol. The van der Waals surface area contributed by atoms with E-state index >= 15 is 0 Å². The van der Waals surface area contributed by atoms with E-state index in [0.29, 0.717) is 41.4 Å². The standard InChI is InChI=1S/C17H25N3O3S/c1-4-6-9-20-11-19-16-13(17(20)22)12(3)14(24-16)15(21)18-8-7-10-23-5-2/h11H,4-10H2,1-3H3,(H,18,21). The quantitative estimate of drug-likeness (QED) is 0.705. The molecule has 2 aromatic rings. The number of carbonyl (C=O) groups is 1. The molecule has 2 heterocycles. The van der Waals surface area contributed by atoms with Gasteiger partial charge in [-0.3, -0.25) is 14.2 Å². The number of carbonyl (C=O) groups excluding carboxylic acids is 1. The topological polar surface area (TPSA) is 73.2 Å². The summed E-state index contributed by atoms with van der Waals surface area (Å²) >= 11 is 1.28. The number of nitrogens with one attached hydrogen (secondary N) is 1. The monoisotopic (exact) mass is 351 g/mol. The third-order valence-electron chi connectivity index (χ3n) is 3.83. The van der Waals surface area contributed by atoms with Crippen molar-refractivity contribution in [2.75, 3.05) is 19.8 Å². The van der Waals surface area contributed by atoms with Crippen LogP contribution in [0.5, 0.6) is 0 Å². The van der Waals surface area contributed by atoms with E-state index in [1.54, 1.807) is 10.9 Å². The van der Waals surface area contributed by atoms with E-state index < -0.39 is 0 Å². The Morgan fingerprint density at radius 2 is 2.17 bits per heavy atom. The molecule has 1 amide bonds. The van der Waals surface area contributed by atoms with Gasteiger partial charge >= 0.3 is 0 Å². The van der Waals surface area contributed by atoms with Crippen molar-refractivity contribution in [3.63, 3.8) is 0 Å². The summed E-state index contributed by atoms with van der Waals surface area (Å²) in [6.45, 7) is 8.37. The van der Waals surface area contributed by atoms with E-state index in [4.69, 9.17) is 4.74 Å². The lowest BCUT2D eigenvalue weighted by molar-refractivity contribution is 0.0948. The molecule has 0 bridgehead atoms. The molecule has 1 N–H and O–H groups in total. The first-order chi connectivity index (χ1) is 11.6. The number of hydrogen-bond acceptors (Lipinski definition) is 5. The van der Waals surface area contributed by atoms with Crippen LogP contribution in [0.15, 0.2) is 11.1 Å². The van der Waals surface area contributed by atoms with Gasteiger partial charge < -0.3 is 10.1 Å². The lowest BCUT2D eigenvalue weighted by atomic mass is 10.2. The second kappa shape index (κ2) is 8.94. The number of nitrogens with zero attached hydrogens (tertiary/aromatic N) is 2. The number of unbranched alkanes of at least 4 members (excludes halogenated alkanes) is 1. The van der Waals surface area contributed by atoms with Crippen LogP contribution < -0.4 is 10.9 Å². The Balaban J connectivity index is 2.17. The summed E-state index contributed by atoms with van der Waals surface area (Å²) in [6, 6.07) is 0. The lowest BCUT2D eigenvalue weighted by Gasteiger charge is -2.05. The second-order valence-corrected chi connectivity index (χ2v) is 6.64. The van der Waals surface area contributed by atoms with E-state index in [9.17, 15) is 9.59 Å². The van der Waals surface area contributed by atoms with Crippen LogP contribution in [0.4, 0.5) is 0 Å². The van der Waals surface area contributed by atoms with Gasteiger partial charge in [-0.15, -0.1) is 11.3 Å². The van der Waals surface area contributed by atoms with Crippen molar-refractivity contribution >= 4 is 27.5 Å². The Bertz CT molecular complexity index is 751. The highest BCUT2D eigenvalue weighted by Crippen LogP contribution is 2.26. The molecule has 2 aromatic heterocycles. The zero-order chi connectivity index (χ0) is 17.5. The maximum absolute atomic E-state index is 12.6. The van der Waals surface area contributed by atoms with Gasteiger partial charge in [0, 0.05) is 26.3 Å². The highest BCUT2D eigenvalue weighted by Gasteiger charge is 2.19. The molecule has 0 unspecified atom stereocenters.